The van der Waals surface area contributed by atoms with E-state index in [4.69, 9.17) is 0 Å². The molecular formula is C20H20. The summed E-state index contributed by atoms with van der Waals surface area (Å²) in [5, 5.41) is 0. The standard InChI is InChI=1S/C20H20/c1-2-4-18-14(3-1)11-17-12-16(7-8-19(17)18)20-10-13-5-6-15(20)9-13/h1-4,7-8,12-13,15,20H,5-6,9-11H2. The maximum Gasteiger partial charge on any atom is -0.00134 e. The van der Waals surface area contributed by atoms with Crippen molar-refractivity contribution in [3.05, 3.63) is 59.2 Å². The van der Waals surface area contributed by atoms with E-state index >= 15 is 0 Å². The molecule has 3 unspecified atom stereocenters. The van der Waals surface area contributed by atoms with Crippen LogP contribution in [0.5, 0.6) is 0 Å². The van der Waals surface area contributed by atoms with Gasteiger partial charge in [0, 0.05) is 0 Å². The van der Waals surface area contributed by atoms with E-state index in [2.05, 4.69) is 42.5 Å². The first-order chi connectivity index (χ1) is 9.88. The van der Waals surface area contributed by atoms with Crippen molar-refractivity contribution in [2.45, 2.75) is 38.0 Å². The van der Waals surface area contributed by atoms with Gasteiger partial charge in [-0.05, 0) is 71.3 Å². The van der Waals surface area contributed by atoms with Crippen LogP contribution in [0.2, 0.25) is 0 Å². The molecule has 0 amide bonds. The zero-order valence-electron chi connectivity index (χ0n) is 11.8. The van der Waals surface area contributed by atoms with Crippen molar-refractivity contribution in [2.75, 3.05) is 0 Å². The van der Waals surface area contributed by atoms with Crippen LogP contribution in [0.3, 0.4) is 0 Å². The Morgan fingerprint density at radius 3 is 2.55 bits per heavy atom. The van der Waals surface area contributed by atoms with E-state index in [-0.39, 0.29) is 0 Å². The minimum Gasteiger partial charge on any atom is -0.0619 e. The highest BCUT2D eigenvalue weighted by molar-refractivity contribution is 5.77. The second-order valence-electron chi connectivity index (χ2n) is 7.03. The van der Waals surface area contributed by atoms with Crippen LogP contribution < -0.4 is 0 Å². The second-order valence-corrected chi connectivity index (χ2v) is 7.03. The lowest BCUT2D eigenvalue weighted by molar-refractivity contribution is 0.420. The van der Waals surface area contributed by atoms with E-state index in [0.717, 1.165) is 24.2 Å². The van der Waals surface area contributed by atoms with Gasteiger partial charge in [0.05, 0.1) is 0 Å². The largest absolute Gasteiger partial charge is 0.0619 e. The zero-order valence-corrected chi connectivity index (χ0v) is 11.8. The third-order valence-corrected chi connectivity index (χ3v) is 5.98. The van der Waals surface area contributed by atoms with Gasteiger partial charge in [-0.15, -0.1) is 0 Å². The highest BCUT2D eigenvalue weighted by Crippen LogP contribution is 2.53. The SMILES string of the molecule is c1ccc2c(c1)Cc1cc(C3CC4CCC3C4)ccc1-2. The highest BCUT2D eigenvalue weighted by Gasteiger charge is 2.40. The van der Waals surface area contributed by atoms with Crippen molar-refractivity contribution in [3.63, 3.8) is 0 Å². The van der Waals surface area contributed by atoms with E-state index < -0.39 is 0 Å². The zero-order chi connectivity index (χ0) is 13.1. The summed E-state index contributed by atoms with van der Waals surface area (Å²) in [5.41, 5.74) is 7.64. The minimum atomic E-state index is 0.864. The van der Waals surface area contributed by atoms with Gasteiger partial charge in [0.15, 0.2) is 0 Å². The summed E-state index contributed by atoms with van der Waals surface area (Å²) in [6.07, 6.45) is 7.07. The van der Waals surface area contributed by atoms with E-state index in [1.807, 2.05) is 0 Å². The van der Waals surface area contributed by atoms with Crippen LogP contribution >= 0.6 is 0 Å². The lowest BCUT2D eigenvalue weighted by Gasteiger charge is -2.22. The normalized spacial score (nSPS) is 29.5. The Kier molecular flexibility index (Phi) is 2.21. The molecule has 0 N–H and O–H groups in total. The third kappa shape index (κ3) is 1.48. The molecule has 0 nitrogen and oxygen atoms in total. The van der Waals surface area contributed by atoms with Gasteiger partial charge in [0.25, 0.3) is 0 Å². The predicted molar refractivity (Wildman–Crippen MR) is 82.9 cm³/mol. The van der Waals surface area contributed by atoms with Crippen LogP contribution in [-0.2, 0) is 6.42 Å². The number of benzene rings is 2. The van der Waals surface area contributed by atoms with Gasteiger partial charge in [-0.25, -0.2) is 0 Å². The van der Waals surface area contributed by atoms with Crippen molar-refractivity contribution >= 4 is 0 Å². The van der Waals surface area contributed by atoms with Crippen molar-refractivity contribution in [1.82, 2.24) is 0 Å². The molecule has 2 saturated carbocycles. The Morgan fingerprint density at radius 2 is 1.70 bits per heavy atom. The maximum absolute atomic E-state index is 2.53. The number of fused-ring (bicyclic) bond motifs is 5. The predicted octanol–water partition coefficient (Wildman–Crippen LogP) is 5.16. The molecule has 3 aliphatic carbocycles. The molecule has 0 heteroatoms. The molecule has 0 aliphatic heterocycles. The molecule has 0 heterocycles. The fourth-order valence-corrected chi connectivity index (χ4v) is 5.05. The van der Waals surface area contributed by atoms with Crippen molar-refractivity contribution in [1.29, 1.82) is 0 Å². The summed E-state index contributed by atoms with van der Waals surface area (Å²) in [7, 11) is 0. The van der Waals surface area contributed by atoms with Crippen LogP contribution in [0.1, 0.15) is 48.3 Å². The van der Waals surface area contributed by atoms with Gasteiger partial charge >= 0.3 is 0 Å². The topological polar surface area (TPSA) is 0 Å². The molecule has 0 aromatic heterocycles. The van der Waals surface area contributed by atoms with Crippen LogP contribution in [-0.4, -0.2) is 0 Å². The number of hydrogen-bond donors (Lipinski definition) is 0. The molecule has 2 aromatic carbocycles. The average Bonchev–Trinajstić information content (AvgIpc) is 3.19. The molecule has 0 saturated heterocycles. The Balaban J connectivity index is 1.55. The fourth-order valence-electron chi connectivity index (χ4n) is 5.05. The Morgan fingerprint density at radius 1 is 0.800 bits per heavy atom. The van der Waals surface area contributed by atoms with Crippen molar-refractivity contribution in [2.24, 2.45) is 11.8 Å². The van der Waals surface area contributed by atoms with Crippen LogP contribution in [0, 0.1) is 11.8 Å². The van der Waals surface area contributed by atoms with Gasteiger partial charge in [0.1, 0.15) is 0 Å². The first kappa shape index (κ1) is 11.1. The summed E-state index contributed by atoms with van der Waals surface area (Å²) in [6, 6.07) is 16.2. The minimum absolute atomic E-state index is 0.864. The Labute approximate surface area is 120 Å². The summed E-state index contributed by atoms with van der Waals surface area (Å²) in [6.45, 7) is 0. The number of rotatable bonds is 1. The monoisotopic (exact) mass is 260 g/mol. The van der Waals surface area contributed by atoms with Crippen LogP contribution in [0.15, 0.2) is 42.5 Å². The molecule has 20 heavy (non-hydrogen) atoms. The highest BCUT2D eigenvalue weighted by atomic mass is 14.4. The smallest absolute Gasteiger partial charge is 0.00134 e. The van der Waals surface area contributed by atoms with E-state index in [1.165, 1.54) is 42.4 Å². The molecule has 5 rings (SSSR count). The third-order valence-electron chi connectivity index (χ3n) is 5.98. The van der Waals surface area contributed by atoms with Gasteiger partial charge in [-0.1, -0.05) is 48.9 Å². The molecule has 3 aliphatic rings. The van der Waals surface area contributed by atoms with E-state index in [9.17, 15) is 0 Å². The molecule has 2 fully saturated rings. The Bertz CT molecular complexity index is 682. The summed E-state index contributed by atoms with van der Waals surface area (Å²) in [5.74, 6) is 2.89. The summed E-state index contributed by atoms with van der Waals surface area (Å²) >= 11 is 0. The van der Waals surface area contributed by atoms with Crippen LogP contribution in [0.25, 0.3) is 11.1 Å². The fraction of sp³-hybridized carbons (Fsp3) is 0.400. The average molecular weight is 260 g/mol. The van der Waals surface area contributed by atoms with E-state index in [1.54, 1.807) is 11.1 Å². The Hall–Kier alpha value is -1.56. The van der Waals surface area contributed by atoms with E-state index in [0.29, 0.717) is 0 Å². The van der Waals surface area contributed by atoms with Gasteiger partial charge < -0.3 is 0 Å². The summed E-state index contributed by atoms with van der Waals surface area (Å²) in [4.78, 5) is 0. The number of hydrogen-bond acceptors (Lipinski definition) is 0. The summed E-state index contributed by atoms with van der Waals surface area (Å²) < 4.78 is 0. The molecular weight excluding hydrogens is 240 g/mol. The second kappa shape index (κ2) is 3.97. The van der Waals surface area contributed by atoms with Gasteiger partial charge in [-0.2, -0.15) is 0 Å². The van der Waals surface area contributed by atoms with Crippen LogP contribution in [0.4, 0.5) is 0 Å². The van der Waals surface area contributed by atoms with Gasteiger partial charge in [-0.3, -0.25) is 0 Å². The first-order valence-electron chi connectivity index (χ1n) is 8.09. The molecule has 2 bridgehead atoms. The maximum atomic E-state index is 2.53. The molecule has 3 atom stereocenters. The van der Waals surface area contributed by atoms with Crippen molar-refractivity contribution in [3.8, 4) is 11.1 Å². The van der Waals surface area contributed by atoms with Crippen molar-refractivity contribution < 1.29 is 0 Å². The quantitative estimate of drug-likeness (QED) is 0.567. The van der Waals surface area contributed by atoms with Gasteiger partial charge in [0.2, 0.25) is 0 Å². The molecule has 0 radical (unpaired) electrons. The lowest BCUT2D eigenvalue weighted by Crippen LogP contribution is -2.08. The lowest BCUT2D eigenvalue weighted by atomic mass is 9.82. The molecule has 100 valence electrons. The molecule has 0 spiro atoms. The first-order valence-corrected chi connectivity index (χ1v) is 8.09. The molecule has 2 aromatic rings.